The van der Waals surface area contributed by atoms with Crippen LogP contribution in [0.4, 0.5) is 27.5 Å². The van der Waals surface area contributed by atoms with E-state index in [1.165, 1.54) is 30.5 Å². The Labute approximate surface area is 157 Å². The number of nitrogens with one attached hydrogen (secondary N) is 2. The second kappa shape index (κ2) is 7.55. The summed E-state index contributed by atoms with van der Waals surface area (Å²) in [5, 5.41) is 15.2. The summed E-state index contributed by atoms with van der Waals surface area (Å²) < 4.78 is 13.0. The number of rotatable bonds is 5. The molecule has 0 aliphatic rings. The number of hydrogen-bond acceptors (Lipinski definition) is 5. The summed E-state index contributed by atoms with van der Waals surface area (Å²) in [5.41, 5.74) is 1.11. The largest absolute Gasteiger partial charge is 0.478 e. The van der Waals surface area contributed by atoms with E-state index in [9.17, 15) is 9.18 Å². The molecule has 0 aliphatic carbocycles. The van der Waals surface area contributed by atoms with Crippen LogP contribution < -0.4 is 10.6 Å². The zero-order valence-corrected chi connectivity index (χ0v) is 14.5. The summed E-state index contributed by atoms with van der Waals surface area (Å²) in [4.78, 5) is 19.3. The third-order valence-electron chi connectivity index (χ3n) is 3.31. The van der Waals surface area contributed by atoms with E-state index >= 15 is 0 Å². The topological polar surface area (TPSA) is 87.1 Å². The van der Waals surface area contributed by atoms with Gasteiger partial charge in [0.15, 0.2) is 5.82 Å². The number of aromatic carboxylic acids is 1. The van der Waals surface area contributed by atoms with E-state index in [1.54, 1.807) is 18.2 Å². The van der Waals surface area contributed by atoms with Crippen molar-refractivity contribution in [2.75, 3.05) is 10.6 Å². The van der Waals surface area contributed by atoms with Crippen LogP contribution in [0.5, 0.6) is 0 Å². The highest BCUT2D eigenvalue weighted by Crippen LogP contribution is 2.26. The first-order chi connectivity index (χ1) is 12.4. The van der Waals surface area contributed by atoms with Crippen molar-refractivity contribution < 1.29 is 14.3 Å². The number of hydrogen-bond donors (Lipinski definition) is 3. The number of carboxylic acid groups (broad SMARTS) is 1. The van der Waals surface area contributed by atoms with Crippen LogP contribution in [0.3, 0.4) is 0 Å². The predicted molar refractivity (Wildman–Crippen MR) is 98.4 cm³/mol. The molecule has 3 aromatic rings. The SMILES string of the molecule is O=C(O)c1ccc(Nc2ncc(Cl)c(Nc3ccc(F)cc3)n2)cc1Cl. The van der Waals surface area contributed by atoms with Crippen molar-refractivity contribution >= 4 is 52.3 Å². The van der Waals surface area contributed by atoms with Crippen LogP contribution in [0, 0.1) is 5.82 Å². The van der Waals surface area contributed by atoms with Crippen LogP contribution in [0.25, 0.3) is 0 Å². The van der Waals surface area contributed by atoms with Gasteiger partial charge in [0.05, 0.1) is 16.8 Å². The number of carbonyl (C=O) groups is 1. The Bertz CT molecular complexity index is 967. The minimum absolute atomic E-state index is 0.00657. The van der Waals surface area contributed by atoms with E-state index in [0.29, 0.717) is 17.2 Å². The molecule has 0 radical (unpaired) electrons. The summed E-state index contributed by atoms with van der Waals surface area (Å²) in [6.45, 7) is 0. The van der Waals surface area contributed by atoms with Gasteiger partial charge in [0.2, 0.25) is 5.95 Å². The molecule has 26 heavy (non-hydrogen) atoms. The molecule has 3 rings (SSSR count). The van der Waals surface area contributed by atoms with Crippen molar-refractivity contribution in [3.05, 3.63) is 70.1 Å². The van der Waals surface area contributed by atoms with Crippen LogP contribution in [0.15, 0.2) is 48.7 Å². The van der Waals surface area contributed by atoms with Crippen LogP contribution in [0.1, 0.15) is 10.4 Å². The van der Waals surface area contributed by atoms with E-state index in [0.717, 1.165) is 0 Å². The lowest BCUT2D eigenvalue weighted by Gasteiger charge is -2.10. The Morgan fingerprint density at radius 2 is 1.69 bits per heavy atom. The van der Waals surface area contributed by atoms with Crippen molar-refractivity contribution in [1.29, 1.82) is 0 Å². The normalized spacial score (nSPS) is 10.4. The van der Waals surface area contributed by atoms with Gasteiger partial charge in [0.1, 0.15) is 10.8 Å². The van der Waals surface area contributed by atoms with Crippen molar-refractivity contribution in [3.8, 4) is 0 Å². The summed E-state index contributed by atoms with van der Waals surface area (Å²) in [5.74, 6) is -0.925. The molecule has 0 aliphatic heterocycles. The lowest BCUT2D eigenvalue weighted by atomic mass is 10.2. The molecule has 0 spiro atoms. The Hall–Kier alpha value is -2.90. The number of halogens is 3. The monoisotopic (exact) mass is 392 g/mol. The molecule has 0 unspecified atom stereocenters. The van der Waals surface area contributed by atoms with Crippen molar-refractivity contribution in [2.24, 2.45) is 0 Å². The lowest BCUT2D eigenvalue weighted by Crippen LogP contribution is -2.02. The predicted octanol–water partition coefficient (Wildman–Crippen LogP) is 5.11. The molecule has 0 saturated carbocycles. The van der Waals surface area contributed by atoms with Crippen molar-refractivity contribution in [1.82, 2.24) is 9.97 Å². The Morgan fingerprint density at radius 1 is 1.00 bits per heavy atom. The van der Waals surface area contributed by atoms with Gasteiger partial charge in [0.25, 0.3) is 0 Å². The third kappa shape index (κ3) is 4.19. The lowest BCUT2D eigenvalue weighted by molar-refractivity contribution is 0.0697. The molecule has 132 valence electrons. The van der Waals surface area contributed by atoms with Crippen molar-refractivity contribution in [2.45, 2.75) is 0 Å². The van der Waals surface area contributed by atoms with Gasteiger partial charge in [-0.25, -0.2) is 14.2 Å². The molecule has 1 aromatic heterocycles. The highest BCUT2D eigenvalue weighted by Gasteiger charge is 2.11. The minimum Gasteiger partial charge on any atom is -0.478 e. The summed E-state index contributed by atoms with van der Waals surface area (Å²) >= 11 is 12.0. The molecule has 0 amide bonds. The first kappa shape index (κ1) is 17.9. The maximum absolute atomic E-state index is 13.0. The molecule has 9 heteroatoms. The molecule has 0 atom stereocenters. The van der Waals surface area contributed by atoms with Gasteiger partial charge in [-0.3, -0.25) is 0 Å². The molecule has 0 fully saturated rings. The average Bonchev–Trinajstić information content (AvgIpc) is 2.59. The van der Waals surface area contributed by atoms with Gasteiger partial charge in [-0.15, -0.1) is 0 Å². The van der Waals surface area contributed by atoms with Crippen LogP contribution >= 0.6 is 23.2 Å². The number of benzene rings is 2. The minimum atomic E-state index is -1.12. The fourth-order valence-corrected chi connectivity index (χ4v) is 2.48. The molecule has 3 N–H and O–H groups in total. The van der Waals surface area contributed by atoms with Gasteiger partial charge >= 0.3 is 5.97 Å². The van der Waals surface area contributed by atoms with Gasteiger partial charge < -0.3 is 15.7 Å². The maximum Gasteiger partial charge on any atom is 0.337 e. The maximum atomic E-state index is 13.0. The third-order valence-corrected chi connectivity index (χ3v) is 3.90. The quantitative estimate of drug-likeness (QED) is 0.559. The molecule has 2 aromatic carbocycles. The number of carboxylic acids is 1. The Morgan fingerprint density at radius 3 is 2.35 bits per heavy atom. The summed E-state index contributed by atoms with van der Waals surface area (Å²) in [7, 11) is 0. The zero-order chi connectivity index (χ0) is 18.7. The molecule has 6 nitrogen and oxygen atoms in total. The van der Waals surface area contributed by atoms with E-state index < -0.39 is 5.97 Å². The van der Waals surface area contributed by atoms with E-state index in [2.05, 4.69) is 20.6 Å². The molecule has 1 heterocycles. The highest BCUT2D eigenvalue weighted by atomic mass is 35.5. The number of nitrogens with zero attached hydrogens (tertiary/aromatic N) is 2. The van der Waals surface area contributed by atoms with E-state index in [4.69, 9.17) is 28.3 Å². The highest BCUT2D eigenvalue weighted by molar-refractivity contribution is 6.34. The standard InChI is InChI=1S/C17H11Cl2FN4O2/c18-13-7-11(5-6-12(13)16(25)26)23-17-21-8-14(19)15(24-17)22-10-3-1-9(20)2-4-10/h1-8H,(H,25,26)(H2,21,22,23,24). The molecular formula is C17H11Cl2FN4O2. The number of aromatic nitrogens is 2. The van der Waals surface area contributed by atoms with Gasteiger partial charge in [-0.2, -0.15) is 4.98 Å². The fourth-order valence-electron chi connectivity index (χ4n) is 2.08. The van der Waals surface area contributed by atoms with Gasteiger partial charge in [0, 0.05) is 11.4 Å². The summed E-state index contributed by atoms with van der Waals surface area (Å²) in [6.07, 6.45) is 1.40. The Balaban J connectivity index is 1.82. The second-order valence-electron chi connectivity index (χ2n) is 5.15. The molecule has 0 bridgehead atoms. The first-order valence-electron chi connectivity index (χ1n) is 7.27. The summed E-state index contributed by atoms with van der Waals surface area (Å²) in [6, 6.07) is 10.1. The second-order valence-corrected chi connectivity index (χ2v) is 5.96. The fraction of sp³-hybridized carbons (Fsp3) is 0. The molecule has 0 saturated heterocycles. The zero-order valence-electron chi connectivity index (χ0n) is 13.0. The smallest absolute Gasteiger partial charge is 0.337 e. The van der Waals surface area contributed by atoms with E-state index in [-0.39, 0.29) is 27.4 Å². The van der Waals surface area contributed by atoms with Gasteiger partial charge in [-0.05, 0) is 42.5 Å². The Kier molecular flexibility index (Phi) is 5.20. The number of anilines is 4. The van der Waals surface area contributed by atoms with Gasteiger partial charge in [-0.1, -0.05) is 23.2 Å². The molecular weight excluding hydrogens is 382 g/mol. The van der Waals surface area contributed by atoms with Crippen LogP contribution in [-0.2, 0) is 0 Å². The van der Waals surface area contributed by atoms with Crippen molar-refractivity contribution in [3.63, 3.8) is 0 Å². The average molecular weight is 393 g/mol. The van der Waals surface area contributed by atoms with Crippen LogP contribution in [0.2, 0.25) is 10.0 Å². The first-order valence-corrected chi connectivity index (χ1v) is 8.03. The van der Waals surface area contributed by atoms with Crippen LogP contribution in [-0.4, -0.2) is 21.0 Å². The van der Waals surface area contributed by atoms with E-state index in [1.807, 2.05) is 0 Å².